The second-order valence-corrected chi connectivity index (χ2v) is 15.4. The first-order valence-corrected chi connectivity index (χ1v) is 20.1. The van der Waals surface area contributed by atoms with Crippen molar-refractivity contribution in [3.63, 3.8) is 0 Å². The molecule has 54 heavy (non-hydrogen) atoms. The SMILES string of the molecule is CCCc1cc(C2C=C(CN3CCC(N(Cc4c[nH]c(-c5ccc(OC)c(OC)c5)c4)C4C=CC(OC)=CCC4)CC3)C=CN2)cc(OC)c1C1CCC1. The van der Waals surface area contributed by atoms with Crippen LogP contribution in [0.15, 0.2) is 90.5 Å². The standard InChI is InChI=1S/C46H60N4O4/c1-6-9-36-26-37(28-45(54-5)46(36)34-10-7-11-34)42-24-32(18-21-47-42)30-49-22-19-39(20-23-49)50(38-12-8-13-40(51-2)16-15-38)31-33-25-41(48-29-33)35-14-17-43(52-3)44(27-35)53-4/h13-18,21,24-29,34,38-39,42,47-48H,6-12,19-20,22-23,30-31H2,1-5H3. The molecule has 2 fully saturated rings. The Morgan fingerprint density at radius 1 is 0.852 bits per heavy atom. The van der Waals surface area contributed by atoms with Gasteiger partial charge in [-0.25, -0.2) is 0 Å². The van der Waals surface area contributed by atoms with Crippen LogP contribution in [-0.4, -0.2) is 74.9 Å². The third-order valence-electron chi connectivity index (χ3n) is 12.0. The Kier molecular flexibility index (Phi) is 12.5. The van der Waals surface area contributed by atoms with Crippen LogP contribution >= 0.6 is 0 Å². The maximum absolute atomic E-state index is 6.03. The predicted octanol–water partition coefficient (Wildman–Crippen LogP) is 9.23. The van der Waals surface area contributed by atoms with Crippen LogP contribution in [0.4, 0.5) is 0 Å². The van der Waals surface area contributed by atoms with Crippen molar-refractivity contribution in [3.8, 4) is 28.5 Å². The molecule has 2 aromatic carbocycles. The Bertz CT molecular complexity index is 1840. The molecular formula is C46H60N4O4. The number of hydrogen-bond donors (Lipinski definition) is 2. The lowest BCUT2D eigenvalue weighted by Gasteiger charge is -2.42. The number of nitrogens with zero attached hydrogens (tertiary/aromatic N) is 2. The molecule has 2 atom stereocenters. The van der Waals surface area contributed by atoms with Gasteiger partial charge in [-0.05, 0) is 141 Å². The van der Waals surface area contributed by atoms with Gasteiger partial charge >= 0.3 is 0 Å². The fraction of sp³-hybridized carbons (Fsp3) is 0.478. The summed E-state index contributed by atoms with van der Waals surface area (Å²) in [6.07, 6.45) is 26.3. The molecule has 0 bridgehead atoms. The third-order valence-corrected chi connectivity index (χ3v) is 12.0. The minimum absolute atomic E-state index is 0.149. The number of dihydropyridines is 1. The molecular weight excluding hydrogens is 673 g/mol. The number of aryl methyl sites for hydroxylation is 1. The molecule has 8 nitrogen and oxygen atoms in total. The average molecular weight is 733 g/mol. The van der Waals surface area contributed by atoms with E-state index in [-0.39, 0.29) is 6.04 Å². The molecule has 1 saturated carbocycles. The number of piperidine rings is 1. The van der Waals surface area contributed by atoms with Gasteiger partial charge in [0, 0.05) is 48.2 Å². The number of allylic oxidation sites excluding steroid dienone is 2. The number of hydrogen-bond acceptors (Lipinski definition) is 7. The van der Waals surface area contributed by atoms with Gasteiger partial charge < -0.3 is 29.2 Å². The highest BCUT2D eigenvalue weighted by Gasteiger charge is 2.31. The molecule has 7 rings (SSSR count). The van der Waals surface area contributed by atoms with Crippen LogP contribution < -0.4 is 19.5 Å². The van der Waals surface area contributed by atoms with Gasteiger partial charge in [-0.15, -0.1) is 0 Å². The number of benzene rings is 2. The molecule has 2 aliphatic carbocycles. The fourth-order valence-corrected chi connectivity index (χ4v) is 8.86. The van der Waals surface area contributed by atoms with E-state index in [9.17, 15) is 0 Å². The van der Waals surface area contributed by atoms with Crippen molar-refractivity contribution >= 4 is 0 Å². The lowest BCUT2D eigenvalue weighted by molar-refractivity contribution is 0.0827. The van der Waals surface area contributed by atoms with E-state index >= 15 is 0 Å². The quantitative estimate of drug-likeness (QED) is 0.162. The molecule has 2 aliphatic heterocycles. The summed E-state index contributed by atoms with van der Waals surface area (Å²) in [4.78, 5) is 8.94. The number of ether oxygens (including phenoxy) is 4. The monoisotopic (exact) mass is 732 g/mol. The molecule has 0 spiro atoms. The average Bonchev–Trinajstić information content (AvgIpc) is 3.53. The molecule has 8 heteroatoms. The number of likely N-dealkylation sites (tertiary alicyclic amines) is 1. The smallest absolute Gasteiger partial charge is 0.161 e. The zero-order valence-corrected chi connectivity index (χ0v) is 33.0. The molecule has 288 valence electrons. The fourth-order valence-electron chi connectivity index (χ4n) is 8.86. The Morgan fingerprint density at radius 3 is 2.39 bits per heavy atom. The van der Waals surface area contributed by atoms with Crippen LogP contribution in [0, 0.1) is 0 Å². The van der Waals surface area contributed by atoms with E-state index in [1.807, 2.05) is 19.2 Å². The Labute approximate surface area is 322 Å². The summed E-state index contributed by atoms with van der Waals surface area (Å²) in [5.74, 6) is 4.16. The summed E-state index contributed by atoms with van der Waals surface area (Å²) in [7, 11) is 6.96. The van der Waals surface area contributed by atoms with Crippen molar-refractivity contribution in [1.82, 2.24) is 20.1 Å². The number of H-pyrrole nitrogens is 1. The van der Waals surface area contributed by atoms with Gasteiger partial charge in [-0.2, -0.15) is 0 Å². The van der Waals surface area contributed by atoms with Crippen molar-refractivity contribution in [3.05, 3.63) is 113 Å². The number of aromatic nitrogens is 1. The molecule has 3 heterocycles. The van der Waals surface area contributed by atoms with E-state index in [4.69, 9.17) is 18.9 Å². The number of rotatable bonds is 15. The Morgan fingerprint density at radius 2 is 1.67 bits per heavy atom. The Hall–Kier alpha value is -4.40. The Balaban J connectivity index is 1.04. The van der Waals surface area contributed by atoms with Gasteiger partial charge in [-0.3, -0.25) is 9.80 Å². The normalized spacial score (nSPS) is 20.9. The van der Waals surface area contributed by atoms with E-state index in [1.54, 1.807) is 21.3 Å². The highest BCUT2D eigenvalue weighted by Crippen LogP contribution is 2.44. The summed E-state index contributed by atoms with van der Waals surface area (Å²) in [6, 6.07) is 14.1. The summed E-state index contributed by atoms with van der Waals surface area (Å²) >= 11 is 0. The van der Waals surface area contributed by atoms with Crippen LogP contribution in [0.2, 0.25) is 0 Å². The largest absolute Gasteiger partial charge is 0.497 e. The summed E-state index contributed by atoms with van der Waals surface area (Å²) in [5, 5.41) is 3.64. The lowest BCUT2D eigenvalue weighted by Crippen LogP contribution is -2.48. The number of aromatic amines is 1. The second-order valence-electron chi connectivity index (χ2n) is 15.4. The van der Waals surface area contributed by atoms with Crippen LogP contribution in [0.1, 0.15) is 92.5 Å². The topological polar surface area (TPSA) is 71.2 Å². The summed E-state index contributed by atoms with van der Waals surface area (Å²) in [5.41, 5.74) is 9.07. The second kappa shape index (κ2) is 17.8. The first-order valence-electron chi connectivity index (χ1n) is 20.1. The molecule has 1 saturated heterocycles. The zero-order valence-electron chi connectivity index (χ0n) is 33.0. The van der Waals surface area contributed by atoms with Crippen molar-refractivity contribution < 1.29 is 18.9 Å². The number of nitrogens with one attached hydrogen (secondary N) is 2. The first kappa shape index (κ1) is 37.9. The maximum Gasteiger partial charge on any atom is 0.161 e. The molecule has 4 aliphatic rings. The first-order chi connectivity index (χ1) is 26.5. The molecule has 0 radical (unpaired) electrons. The van der Waals surface area contributed by atoms with Crippen LogP contribution in [0.3, 0.4) is 0 Å². The van der Waals surface area contributed by atoms with Crippen molar-refractivity contribution in [1.29, 1.82) is 0 Å². The highest BCUT2D eigenvalue weighted by atomic mass is 16.5. The van der Waals surface area contributed by atoms with Crippen LogP contribution in [0.5, 0.6) is 17.2 Å². The summed E-state index contributed by atoms with van der Waals surface area (Å²) in [6.45, 7) is 6.30. The summed E-state index contributed by atoms with van der Waals surface area (Å²) < 4.78 is 22.7. The van der Waals surface area contributed by atoms with Crippen molar-refractivity contribution in [2.24, 2.45) is 0 Å². The predicted molar refractivity (Wildman–Crippen MR) is 218 cm³/mol. The van der Waals surface area contributed by atoms with E-state index in [0.29, 0.717) is 18.0 Å². The molecule has 0 amide bonds. The zero-order chi connectivity index (χ0) is 37.4. The van der Waals surface area contributed by atoms with Gasteiger partial charge in [0.1, 0.15) is 11.5 Å². The van der Waals surface area contributed by atoms with Gasteiger partial charge in [0.15, 0.2) is 11.5 Å². The van der Waals surface area contributed by atoms with Crippen LogP contribution in [0.25, 0.3) is 11.3 Å². The van der Waals surface area contributed by atoms with E-state index in [1.165, 1.54) is 47.1 Å². The van der Waals surface area contributed by atoms with Crippen molar-refractivity contribution in [2.75, 3.05) is 48.1 Å². The van der Waals surface area contributed by atoms with E-state index < -0.39 is 0 Å². The highest BCUT2D eigenvalue weighted by molar-refractivity contribution is 5.65. The molecule has 2 N–H and O–H groups in total. The van der Waals surface area contributed by atoms with E-state index in [0.717, 1.165) is 99.0 Å². The lowest BCUT2D eigenvalue weighted by atomic mass is 9.76. The van der Waals surface area contributed by atoms with Crippen molar-refractivity contribution in [2.45, 2.75) is 95.3 Å². The molecule has 2 unspecified atom stereocenters. The third kappa shape index (κ3) is 8.61. The maximum atomic E-state index is 6.03. The van der Waals surface area contributed by atoms with E-state index in [2.05, 4.69) is 94.1 Å². The minimum Gasteiger partial charge on any atom is -0.497 e. The van der Waals surface area contributed by atoms with Gasteiger partial charge in [0.25, 0.3) is 0 Å². The van der Waals surface area contributed by atoms with Gasteiger partial charge in [-0.1, -0.05) is 38.0 Å². The molecule has 1 aromatic heterocycles. The van der Waals surface area contributed by atoms with Gasteiger partial charge in [0.2, 0.25) is 0 Å². The minimum atomic E-state index is 0.149. The van der Waals surface area contributed by atoms with Crippen LogP contribution in [-0.2, 0) is 17.7 Å². The molecule has 3 aromatic rings. The number of methoxy groups -OCH3 is 4. The van der Waals surface area contributed by atoms with Gasteiger partial charge in [0.05, 0.1) is 34.5 Å².